The zero-order chi connectivity index (χ0) is 16.9. The quantitative estimate of drug-likeness (QED) is 0.866. The zero-order valence-corrected chi connectivity index (χ0v) is 14.2. The number of aldehydes is 1. The van der Waals surface area contributed by atoms with E-state index in [0.717, 1.165) is 37.9 Å². The number of rotatable bonds is 4. The lowest BCUT2D eigenvalue weighted by atomic mass is 9.97. The number of benzene rings is 1. The highest BCUT2D eigenvalue weighted by atomic mass is 16.6. The summed E-state index contributed by atoms with van der Waals surface area (Å²) in [7, 11) is 0. The smallest absolute Gasteiger partial charge is 0.407 e. The lowest BCUT2D eigenvalue weighted by Gasteiger charge is -2.34. The third-order valence-corrected chi connectivity index (χ3v) is 3.82. The number of carbonyl (C=O) groups is 2. The molecule has 0 saturated carbocycles. The van der Waals surface area contributed by atoms with Crippen molar-refractivity contribution in [2.24, 2.45) is 5.92 Å². The first-order valence-corrected chi connectivity index (χ1v) is 8.14. The fourth-order valence-corrected chi connectivity index (χ4v) is 2.80. The molecule has 2 rings (SSSR count). The Morgan fingerprint density at radius 3 is 2.91 bits per heavy atom. The van der Waals surface area contributed by atoms with Gasteiger partial charge < -0.3 is 15.0 Å². The van der Waals surface area contributed by atoms with Gasteiger partial charge in [0.25, 0.3) is 0 Å². The maximum absolute atomic E-state index is 11.8. The molecule has 0 aromatic heterocycles. The fraction of sp³-hybridized carbons (Fsp3) is 0.556. The van der Waals surface area contributed by atoms with E-state index in [1.54, 1.807) is 0 Å². The zero-order valence-electron chi connectivity index (χ0n) is 14.2. The summed E-state index contributed by atoms with van der Waals surface area (Å²) < 4.78 is 5.27. The van der Waals surface area contributed by atoms with Crippen molar-refractivity contribution >= 4 is 18.1 Å². The summed E-state index contributed by atoms with van der Waals surface area (Å²) in [5, 5.41) is 2.86. The minimum Gasteiger partial charge on any atom is -0.444 e. The van der Waals surface area contributed by atoms with Gasteiger partial charge in [0, 0.05) is 30.9 Å². The van der Waals surface area contributed by atoms with Crippen LogP contribution < -0.4 is 10.2 Å². The van der Waals surface area contributed by atoms with Crippen molar-refractivity contribution in [2.75, 3.05) is 24.5 Å². The fourth-order valence-electron chi connectivity index (χ4n) is 2.80. The van der Waals surface area contributed by atoms with Crippen LogP contribution in [0.2, 0.25) is 0 Å². The lowest BCUT2D eigenvalue weighted by molar-refractivity contribution is 0.0517. The Labute approximate surface area is 138 Å². The molecule has 5 heteroatoms. The standard InChI is InChI=1S/C18H26N2O3/c1-18(2,3)23-17(22)19-11-15-7-5-9-20(12-15)16-8-4-6-14(10-16)13-21/h4,6,8,10,13,15H,5,7,9,11-12H2,1-3H3,(H,19,22)/t15-/m1/s1. The molecule has 0 bridgehead atoms. The molecule has 1 aromatic carbocycles. The predicted molar refractivity (Wildman–Crippen MR) is 91.0 cm³/mol. The van der Waals surface area contributed by atoms with E-state index >= 15 is 0 Å². The number of carbonyl (C=O) groups excluding carboxylic acids is 2. The molecule has 1 aliphatic rings. The third kappa shape index (κ3) is 5.58. The van der Waals surface area contributed by atoms with Crippen LogP contribution in [0.4, 0.5) is 10.5 Å². The molecule has 1 heterocycles. The number of nitrogens with one attached hydrogen (secondary N) is 1. The minimum atomic E-state index is -0.474. The molecule has 23 heavy (non-hydrogen) atoms. The molecular weight excluding hydrogens is 292 g/mol. The van der Waals surface area contributed by atoms with E-state index in [1.807, 2.05) is 45.0 Å². The normalized spacial score (nSPS) is 18.4. The van der Waals surface area contributed by atoms with Gasteiger partial charge in [0.05, 0.1) is 0 Å². The molecule has 1 amide bonds. The number of anilines is 1. The summed E-state index contributed by atoms with van der Waals surface area (Å²) >= 11 is 0. The summed E-state index contributed by atoms with van der Waals surface area (Å²) in [4.78, 5) is 24.9. The summed E-state index contributed by atoms with van der Waals surface area (Å²) in [6, 6.07) is 7.65. The van der Waals surface area contributed by atoms with Crippen LogP contribution in [0.3, 0.4) is 0 Å². The second kappa shape index (κ2) is 7.49. The average Bonchev–Trinajstić information content (AvgIpc) is 2.52. The second-order valence-electron chi connectivity index (χ2n) is 7.05. The molecule has 1 fully saturated rings. The van der Waals surface area contributed by atoms with Crippen LogP contribution >= 0.6 is 0 Å². The number of ether oxygens (including phenoxy) is 1. The van der Waals surface area contributed by atoms with Crippen molar-refractivity contribution < 1.29 is 14.3 Å². The van der Waals surface area contributed by atoms with Gasteiger partial charge in [-0.15, -0.1) is 0 Å². The number of hydrogen-bond acceptors (Lipinski definition) is 4. The molecule has 0 aliphatic carbocycles. The highest BCUT2D eigenvalue weighted by Crippen LogP contribution is 2.23. The Morgan fingerprint density at radius 2 is 2.22 bits per heavy atom. The van der Waals surface area contributed by atoms with Gasteiger partial charge in [0.15, 0.2) is 0 Å². The summed E-state index contributed by atoms with van der Waals surface area (Å²) in [6.07, 6.45) is 2.67. The molecular formula is C18H26N2O3. The van der Waals surface area contributed by atoms with E-state index in [9.17, 15) is 9.59 Å². The summed E-state index contributed by atoms with van der Waals surface area (Å²) in [5.74, 6) is 0.385. The minimum absolute atomic E-state index is 0.363. The lowest BCUT2D eigenvalue weighted by Crippen LogP contribution is -2.42. The molecule has 0 spiro atoms. The van der Waals surface area contributed by atoms with Crippen molar-refractivity contribution in [1.82, 2.24) is 5.32 Å². The van der Waals surface area contributed by atoms with Gasteiger partial charge in [-0.2, -0.15) is 0 Å². The summed E-state index contributed by atoms with van der Waals surface area (Å²) in [5.41, 5.74) is 1.28. The van der Waals surface area contributed by atoms with E-state index in [4.69, 9.17) is 4.74 Å². The topological polar surface area (TPSA) is 58.6 Å². The van der Waals surface area contributed by atoms with Crippen LogP contribution in [0.5, 0.6) is 0 Å². The highest BCUT2D eigenvalue weighted by molar-refractivity contribution is 5.77. The van der Waals surface area contributed by atoms with Crippen molar-refractivity contribution in [1.29, 1.82) is 0 Å². The molecule has 1 N–H and O–H groups in total. The molecule has 1 aliphatic heterocycles. The monoisotopic (exact) mass is 318 g/mol. The van der Waals surface area contributed by atoms with Crippen LogP contribution in [0.25, 0.3) is 0 Å². The van der Waals surface area contributed by atoms with Crippen LogP contribution in [0.1, 0.15) is 44.0 Å². The van der Waals surface area contributed by atoms with Gasteiger partial charge in [-0.25, -0.2) is 4.79 Å². The Bertz CT molecular complexity index is 551. The first kappa shape index (κ1) is 17.3. The van der Waals surface area contributed by atoms with Gasteiger partial charge in [0.2, 0.25) is 0 Å². The molecule has 1 saturated heterocycles. The third-order valence-electron chi connectivity index (χ3n) is 3.82. The van der Waals surface area contributed by atoms with Crippen LogP contribution in [-0.2, 0) is 4.74 Å². The van der Waals surface area contributed by atoms with Crippen LogP contribution in [-0.4, -0.2) is 37.6 Å². The maximum atomic E-state index is 11.8. The van der Waals surface area contributed by atoms with E-state index in [2.05, 4.69) is 10.2 Å². The van der Waals surface area contributed by atoms with Crippen molar-refractivity contribution in [3.05, 3.63) is 29.8 Å². The van der Waals surface area contributed by atoms with Crippen molar-refractivity contribution in [3.8, 4) is 0 Å². The number of hydrogen-bond donors (Lipinski definition) is 1. The Morgan fingerprint density at radius 1 is 1.43 bits per heavy atom. The molecule has 1 atom stereocenters. The molecule has 1 aromatic rings. The Hall–Kier alpha value is -2.04. The second-order valence-corrected chi connectivity index (χ2v) is 7.05. The van der Waals surface area contributed by atoms with Gasteiger partial charge >= 0.3 is 6.09 Å². The van der Waals surface area contributed by atoms with Gasteiger partial charge in [-0.3, -0.25) is 4.79 Å². The molecule has 0 unspecified atom stereocenters. The Balaban J connectivity index is 1.88. The Kier molecular flexibility index (Phi) is 5.64. The molecule has 5 nitrogen and oxygen atoms in total. The SMILES string of the molecule is CC(C)(C)OC(=O)NC[C@H]1CCCN(c2cccc(C=O)c2)C1. The number of piperidine rings is 1. The molecule has 126 valence electrons. The number of nitrogens with zero attached hydrogens (tertiary/aromatic N) is 1. The first-order chi connectivity index (χ1) is 10.9. The average molecular weight is 318 g/mol. The van der Waals surface area contributed by atoms with Crippen LogP contribution in [0, 0.1) is 5.92 Å². The van der Waals surface area contributed by atoms with E-state index < -0.39 is 5.60 Å². The van der Waals surface area contributed by atoms with Gasteiger partial charge in [-0.1, -0.05) is 12.1 Å². The number of alkyl carbamates (subject to hydrolysis) is 1. The first-order valence-electron chi connectivity index (χ1n) is 8.14. The largest absolute Gasteiger partial charge is 0.444 e. The van der Waals surface area contributed by atoms with Gasteiger partial charge in [0.1, 0.15) is 11.9 Å². The van der Waals surface area contributed by atoms with Crippen molar-refractivity contribution in [3.63, 3.8) is 0 Å². The van der Waals surface area contributed by atoms with E-state index in [1.165, 1.54) is 0 Å². The van der Waals surface area contributed by atoms with E-state index in [-0.39, 0.29) is 6.09 Å². The van der Waals surface area contributed by atoms with Crippen molar-refractivity contribution in [2.45, 2.75) is 39.2 Å². The highest BCUT2D eigenvalue weighted by Gasteiger charge is 2.22. The van der Waals surface area contributed by atoms with Gasteiger partial charge in [-0.05, 0) is 51.7 Å². The predicted octanol–water partition coefficient (Wildman–Crippen LogP) is 3.24. The molecule has 0 radical (unpaired) electrons. The van der Waals surface area contributed by atoms with E-state index in [0.29, 0.717) is 18.0 Å². The summed E-state index contributed by atoms with van der Waals surface area (Å²) in [6.45, 7) is 8.03. The number of amides is 1. The maximum Gasteiger partial charge on any atom is 0.407 e. The van der Waals surface area contributed by atoms with Crippen LogP contribution in [0.15, 0.2) is 24.3 Å².